The molecule has 0 aromatic carbocycles. The first-order chi connectivity index (χ1) is 10.3. The predicted octanol–water partition coefficient (Wildman–Crippen LogP) is 3.14. The lowest BCUT2D eigenvalue weighted by Crippen LogP contribution is -2.47. The monoisotopic (exact) mass is 294 g/mol. The topological polar surface area (TPSA) is 15.7 Å². The third-order valence-corrected chi connectivity index (χ3v) is 5.91. The number of rotatable bonds is 5. The van der Waals surface area contributed by atoms with E-state index in [2.05, 4.69) is 16.7 Å². The standard InChI is InChI=1S/C18H34N2O/c1-16-7-2-3-9-18(16)21-14-13-19-10-6-8-17(15-19)20-11-4-5-12-20/h16-18H,2-15H2,1H3/t16-,17-,18-/m1/s1. The van der Waals surface area contributed by atoms with Crippen molar-refractivity contribution >= 4 is 0 Å². The smallest absolute Gasteiger partial charge is 0.0601 e. The second kappa shape index (κ2) is 7.94. The van der Waals surface area contributed by atoms with E-state index in [1.165, 1.54) is 77.5 Å². The van der Waals surface area contributed by atoms with Gasteiger partial charge < -0.3 is 4.74 Å². The maximum Gasteiger partial charge on any atom is 0.0601 e. The Labute approximate surface area is 131 Å². The van der Waals surface area contributed by atoms with E-state index in [1.54, 1.807) is 0 Å². The average Bonchev–Trinajstić information content (AvgIpc) is 3.04. The third-order valence-electron chi connectivity index (χ3n) is 5.91. The van der Waals surface area contributed by atoms with Crippen LogP contribution in [0.1, 0.15) is 58.3 Å². The summed E-state index contributed by atoms with van der Waals surface area (Å²) < 4.78 is 6.20. The lowest BCUT2D eigenvalue weighted by Gasteiger charge is -2.38. The molecule has 1 aliphatic carbocycles. The molecule has 3 fully saturated rings. The SMILES string of the molecule is C[C@@H]1CCCC[C@H]1OCCN1CCC[C@@H](N2CCCC2)C1. The normalized spacial score (nSPS) is 36.1. The van der Waals surface area contributed by atoms with Crippen molar-refractivity contribution in [2.24, 2.45) is 5.92 Å². The second-order valence-corrected chi connectivity index (χ2v) is 7.51. The summed E-state index contributed by atoms with van der Waals surface area (Å²) in [5, 5.41) is 0. The minimum absolute atomic E-state index is 0.540. The fraction of sp³-hybridized carbons (Fsp3) is 1.00. The molecule has 3 nitrogen and oxygen atoms in total. The van der Waals surface area contributed by atoms with Gasteiger partial charge in [-0.05, 0) is 64.1 Å². The van der Waals surface area contributed by atoms with Crippen molar-refractivity contribution in [3.8, 4) is 0 Å². The van der Waals surface area contributed by atoms with E-state index in [4.69, 9.17) is 4.74 Å². The molecule has 1 saturated carbocycles. The molecule has 2 aliphatic heterocycles. The van der Waals surface area contributed by atoms with Crippen LogP contribution in [0, 0.1) is 5.92 Å². The lowest BCUT2D eigenvalue weighted by atomic mass is 9.88. The van der Waals surface area contributed by atoms with E-state index in [9.17, 15) is 0 Å². The Hall–Kier alpha value is -0.120. The number of hydrogen-bond donors (Lipinski definition) is 0. The molecule has 2 saturated heterocycles. The van der Waals surface area contributed by atoms with Crippen LogP contribution < -0.4 is 0 Å². The van der Waals surface area contributed by atoms with Crippen LogP contribution in [-0.4, -0.2) is 61.3 Å². The predicted molar refractivity (Wildman–Crippen MR) is 87.6 cm³/mol. The van der Waals surface area contributed by atoms with E-state index < -0.39 is 0 Å². The third kappa shape index (κ3) is 4.43. The number of ether oxygens (including phenoxy) is 1. The van der Waals surface area contributed by atoms with Crippen molar-refractivity contribution in [1.82, 2.24) is 9.80 Å². The van der Waals surface area contributed by atoms with Crippen LogP contribution in [-0.2, 0) is 4.74 Å². The Bertz CT molecular complexity index is 304. The molecular weight excluding hydrogens is 260 g/mol. The van der Waals surface area contributed by atoms with Gasteiger partial charge in [0, 0.05) is 19.1 Å². The first kappa shape index (κ1) is 15.8. The summed E-state index contributed by atoms with van der Waals surface area (Å²) in [6.45, 7) is 9.71. The van der Waals surface area contributed by atoms with Gasteiger partial charge in [-0.25, -0.2) is 0 Å². The van der Waals surface area contributed by atoms with Gasteiger partial charge in [0.25, 0.3) is 0 Å². The van der Waals surface area contributed by atoms with Gasteiger partial charge in [0.1, 0.15) is 0 Å². The van der Waals surface area contributed by atoms with Gasteiger partial charge in [-0.15, -0.1) is 0 Å². The quantitative estimate of drug-likeness (QED) is 0.775. The largest absolute Gasteiger partial charge is 0.377 e. The fourth-order valence-electron chi connectivity index (χ4n) is 4.50. The minimum atomic E-state index is 0.540. The van der Waals surface area contributed by atoms with Gasteiger partial charge in [0.05, 0.1) is 12.7 Å². The molecule has 0 spiro atoms. The maximum atomic E-state index is 6.20. The highest BCUT2D eigenvalue weighted by Crippen LogP contribution is 2.26. The summed E-state index contributed by atoms with van der Waals surface area (Å²) in [7, 11) is 0. The minimum Gasteiger partial charge on any atom is -0.377 e. The molecule has 0 aromatic heterocycles. The summed E-state index contributed by atoms with van der Waals surface area (Å²) in [6, 6.07) is 0.829. The first-order valence-electron chi connectivity index (χ1n) is 9.41. The number of hydrogen-bond acceptors (Lipinski definition) is 3. The van der Waals surface area contributed by atoms with Gasteiger partial charge in [-0.3, -0.25) is 9.80 Å². The van der Waals surface area contributed by atoms with Crippen molar-refractivity contribution in [2.75, 3.05) is 39.3 Å². The van der Waals surface area contributed by atoms with Crippen LogP contribution in [0.4, 0.5) is 0 Å². The molecule has 0 bridgehead atoms. The van der Waals surface area contributed by atoms with Gasteiger partial charge in [0.2, 0.25) is 0 Å². The number of piperidine rings is 1. The highest BCUT2D eigenvalue weighted by molar-refractivity contribution is 4.83. The molecular formula is C18H34N2O. The van der Waals surface area contributed by atoms with E-state index in [0.717, 1.165) is 25.1 Å². The highest BCUT2D eigenvalue weighted by Gasteiger charge is 2.27. The van der Waals surface area contributed by atoms with Crippen LogP contribution in [0.15, 0.2) is 0 Å². The van der Waals surface area contributed by atoms with Crippen LogP contribution in [0.3, 0.4) is 0 Å². The Morgan fingerprint density at radius 1 is 0.905 bits per heavy atom. The molecule has 3 rings (SSSR count). The van der Waals surface area contributed by atoms with E-state index >= 15 is 0 Å². The van der Waals surface area contributed by atoms with Gasteiger partial charge >= 0.3 is 0 Å². The van der Waals surface area contributed by atoms with Crippen molar-refractivity contribution in [2.45, 2.75) is 70.4 Å². The van der Waals surface area contributed by atoms with Crippen molar-refractivity contribution < 1.29 is 4.74 Å². The van der Waals surface area contributed by atoms with Crippen molar-refractivity contribution in [3.05, 3.63) is 0 Å². The molecule has 0 amide bonds. The number of likely N-dealkylation sites (tertiary alicyclic amines) is 2. The molecule has 0 radical (unpaired) electrons. The Balaban J connectivity index is 1.36. The van der Waals surface area contributed by atoms with Crippen LogP contribution in [0.5, 0.6) is 0 Å². The second-order valence-electron chi connectivity index (χ2n) is 7.51. The molecule has 3 aliphatic rings. The average molecular weight is 294 g/mol. The number of nitrogens with zero attached hydrogens (tertiary/aromatic N) is 2. The van der Waals surface area contributed by atoms with Gasteiger partial charge in [-0.1, -0.05) is 19.8 Å². The highest BCUT2D eigenvalue weighted by atomic mass is 16.5. The molecule has 0 N–H and O–H groups in total. The first-order valence-corrected chi connectivity index (χ1v) is 9.41. The Morgan fingerprint density at radius 2 is 1.71 bits per heavy atom. The maximum absolute atomic E-state index is 6.20. The van der Waals surface area contributed by atoms with Crippen molar-refractivity contribution in [1.29, 1.82) is 0 Å². The van der Waals surface area contributed by atoms with E-state index in [0.29, 0.717) is 6.10 Å². The van der Waals surface area contributed by atoms with Crippen LogP contribution in [0.2, 0.25) is 0 Å². The summed E-state index contributed by atoms with van der Waals surface area (Å²) in [4.78, 5) is 5.39. The van der Waals surface area contributed by atoms with E-state index in [-0.39, 0.29) is 0 Å². The van der Waals surface area contributed by atoms with Crippen molar-refractivity contribution in [3.63, 3.8) is 0 Å². The molecule has 0 unspecified atom stereocenters. The summed E-state index contributed by atoms with van der Waals surface area (Å²) in [5.74, 6) is 0.775. The van der Waals surface area contributed by atoms with Gasteiger partial charge in [-0.2, -0.15) is 0 Å². The summed E-state index contributed by atoms with van der Waals surface area (Å²) in [6.07, 6.45) is 11.6. The van der Waals surface area contributed by atoms with Gasteiger partial charge in [0.15, 0.2) is 0 Å². The van der Waals surface area contributed by atoms with E-state index in [1.807, 2.05) is 0 Å². The summed E-state index contributed by atoms with van der Waals surface area (Å²) >= 11 is 0. The zero-order valence-corrected chi connectivity index (χ0v) is 13.9. The molecule has 2 heterocycles. The molecule has 21 heavy (non-hydrogen) atoms. The zero-order chi connectivity index (χ0) is 14.5. The Morgan fingerprint density at radius 3 is 2.52 bits per heavy atom. The lowest BCUT2D eigenvalue weighted by molar-refractivity contribution is -0.0188. The Kier molecular flexibility index (Phi) is 5.96. The van der Waals surface area contributed by atoms with Crippen LogP contribution >= 0.6 is 0 Å². The fourth-order valence-corrected chi connectivity index (χ4v) is 4.50. The zero-order valence-electron chi connectivity index (χ0n) is 13.9. The summed E-state index contributed by atoms with van der Waals surface area (Å²) in [5.41, 5.74) is 0. The van der Waals surface area contributed by atoms with Crippen LogP contribution in [0.25, 0.3) is 0 Å². The molecule has 122 valence electrons. The molecule has 0 aromatic rings. The molecule has 3 heteroatoms. The molecule has 3 atom stereocenters.